The third kappa shape index (κ3) is 2.53. The molecule has 0 bridgehead atoms. The predicted molar refractivity (Wildman–Crippen MR) is 60.9 cm³/mol. The summed E-state index contributed by atoms with van der Waals surface area (Å²) in [7, 11) is 0. The summed E-state index contributed by atoms with van der Waals surface area (Å²) < 4.78 is 5.15. The standard InChI is InChI=1S/C11H22N2O3/c1-3-10(4-2,7-14)13-9(15)11(12)5-6-16-8-11/h14H,3-8,12H2,1-2H3,(H,13,15). The van der Waals surface area contributed by atoms with Gasteiger partial charge in [-0.25, -0.2) is 0 Å². The molecule has 16 heavy (non-hydrogen) atoms. The lowest BCUT2D eigenvalue weighted by atomic mass is 9.91. The van der Waals surface area contributed by atoms with Gasteiger partial charge in [0.15, 0.2) is 0 Å². The first kappa shape index (κ1) is 13.4. The Morgan fingerprint density at radius 3 is 2.56 bits per heavy atom. The minimum absolute atomic E-state index is 0.0668. The molecule has 0 aromatic heterocycles. The van der Waals surface area contributed by atoms with Gasteiger partial charge in [-0.05, 0) is 19.3 Å². The van der Waals surface area contributed by atoms with E-state index in [2.05, 4.69) is 5.32 Å². The van der Waals surface area contributed by atoms with Crippen LogP contribution in [0.2, 0.25) is 0 Å². The maximum atomic E-state index is 12.0. The van der Waals surface area contributed by atoms with Crippen LogP contribution in [-0.2, 0) is 9.53 Å². The third-order valence-electron chi connectivity index (χ3n) is 3.54. The molecule has 1 amide bonds. The SMILES string of the molecule is CCC(CC)(CO)NC(=O)C1(N)CCOC1. The van der Waals surface area contributed by atoms with Crippen LogP contribution >= 0.6 is 0 Å². The number of carbonyl (C=O) groups excluding carboxylic acids is 1. The van der Waals surface area contributed by atoms with Gasteiger partial charge in [0.2, 0.25) is 5.91 Å². The van der Waals surface area contributed by atoms with Crippen molar-refractivity contribution in [1.82, 2.24) is 5.32 Å². The Bertz CT molecular complexity index is 237. The molecule has 5 heteroatoms. The van der Waals surface area contributed by atoms with E-state index in [-0.39, 0.29) is 19.1 Å². The molecule has 1 atom stereocenters. The van der Waals surface area contributed by atoms with Gasteiger partial charge in [-0.2, -0.15) is 0 Å². The summed E-state index contributed by atoms with van der Waals surface area (Å²) in [6.07, 6.45) is 1.90. The van der Waals surface area contributed by atoms with E-state index in [4.69, 9.17) is 10.5 Å². The lowest BCUT2D eigenvalue weighted by molar-refractivity contribution is -0.129. The number of hydrogen-bond acceptors (Lipinski definition) is 4. The van der Waals surface area contributed by atoms with E-state index in [1.165, 1.54) is 0 Å². The summed E-state index contributed by atoms with van der Waals surface area (Å²) >= 11 is 0. The minimum atomic E-state index is -0.926. The van der Waals surface area contributed by atoms with Crippen molar-refractivity contribution in [3.63, 3.8) is 0 Å². The Labute approximate surface area is 96.3 Å². The summed E-state index contributed by atoms with van der Waals surface area (Å²) in [6, 6.07) is 0. The average Bonchev–Trinajstić information content (AvgIpc) is 2.74. The second-order valence-electron chi connectivity index (χ2n) is 4.56. The van der Waals surface area contributed by atoms with Crippen LogP contribution in [-0.4, -0.2) is 41.9 Å². The van der Waals surface area contributed by atoms with E-state index in [0.29, 0.717) is 25.9 Å². The normalized spacial score (nSPS) is 25.8. The lowest BCUT2D eigenvalue weighted by Crippen LogP contribution is -2.61. The Morgan fingerprint density at radius 2 is 2.19 bits per heavy atom. The van der Waals surface area contributed by atoms with E-state index in [0.717, 1.165) is 0 Å². The minimum Gasteiger partial charge on any atom is -0.394 e. The van der Waals surface area contributed by atoms with Gasteiger partial charge in [0, 0.05) is 6.61 Å². The van der Waals surface area contributed by atoms with E-state index >= 15 is 0 Å². The fraction of sp³-hybridized carbons (Fsp3) is 0.909. The van der Waals surface area contributed by atoms with Gasteiger partial charge >= 0.3 is 0 Å². The van der Waals surface area contributed by atoms with Crippen LogP contribution in [0.5, 0.6) is 0 Å². The van der Waals surface area contributed by atoms with E-state index in [1.54, 1.807) is 0 Å². The van der Waals surface area contributed by atoms with Crippen molar-refractivity contribution in [2.24, 2.45) is 5.73 Å². The number of nitrogens with two attached hydrogens (primary N) is 1. The number of hydrogen-bond donors (Lipinski definition) is 3. The summed E-state index contributed by atoms with van der Waals surface area (Å²) in [5, 5.41) is 12.2. The second-order valence-corrected chi connectivity index (χ2v) is 4.56. The van der Waals surface area contributed by atoms with Crippen LogP contribution in [0.15, 0.2) is 0 Å². The first-order chi connectivity index (χ1) is 7.52. The Balaban J connectivity index is 2.68. The number of amides is 1. The molecule has 94 valence electrons. The highest BCUT2D eigenvalue weighted by atomic mass is 16.5. The summed E-state index contributed by atoms with van der Waals surface area (Å²) in [5.74, 6) is -0.220. The molecule has 4 N–H and O–H groups in total. The zero-order chi connectivity index (χ0) is 12.2. The molecule has 1 fully saturated rings. The Kier molecular flexibility index (Phi) is 4.29. The highest BCUT2D eigenvalue weighted by Crippen LogP contribution is 2.20. The quantitative estimate of drug-likeness (QED) is 0.609. The number of aliphatic hydroxyl groups excluding tert-OH is 1. The fourth-order valence-electron chi connectivity index (χ4n) is 1.82. The van der Waals surface area contributed by atoms with Gasteiger partial charge in [0.1, 0.15) is 5.54 Å². The number of carbonyl (C=O) groups is 1. The van der Waals surface area contributed by atoms with Gasteiger partial charge in [-0.15, -0.1) is 0 Å². The summed E-state index contributed by atoms with van der Waals surface area (Å²) in [4.78, 5) is 12.0. The molecular formula is C11H22N2O3. The van der Waals surface area contributed by atoms with Crippen molar-refractivity contribution in [1.29, 1.82) is 0 Å². The molecule has 1 aliphatic heterocycles. The molecule has 1 rings (SSSR count). The molecule has 1 unspecified atom stereocenters. The molecule has 5 nitrogen and oxygen atoms in total. The molecule has 0 aliphatic carbocycles. The van der Waals surface area contributed by atoms with E-state index in [9.17, 15) is 9.90 Å². The van der Waals surface area contributed by atoms with E-state index < -0.39 is 11.1 Å². The van der Waals surface area contributed by atoms with E-state index in [1.807, 2.05) is 13.8 Å². The zero-order valence-electron chi connectivity index (χ0n) is 10.1. The van der Waals surface area contributed by atoms with Crippen LogP contribution in [0.3, 0.4) is 0 Å². The third-order valence-corrected chi connectivity index (χ3v) is 3.54. The van der Waals surface area contributed by atoms with Crippen LogP contribution in [0, 0.1) is 0 Å². The molecule has 0 aromatic rings. The van der Waals surface area contributed by atoms with Crippen LogP contribution in [0.1, 0.15) is 33.1 Å². The molecule has 0 radical (unpaired) electrons. The summed E-state index contributed by atoms with van der Waals surface area (Å²) in [6.45, 7) is 4.59. The molecule has 1 saturated heterocycles. The van der Waals surface area contributed by atoms with Gasteiger partial charge in [0.25, 0.3) is 0 Å². The number of nitrogens with one attached hydrogen (secondary N) is 1. The van der Waals surface area contributed by atoms with Crippen molar-refractivity contribution >= 4 is 5.91 Å². The van der Waals surface area contributed by atoms with Gasteiger partial charge in [-0.3, -0.25) is 4.79 Å². The molecule has 0 aromatic carbocycles. The van der Waals surface area contributed by atoms with Gasteiger partial charge in [0.05, 0.1) is 18.8 Å². The van der Waals surface area contributed by atoms with Crippen molar-refractivity contribution < 1.29 is 14.6 Å². The Morgan fingerprint density at radius 1 is 1.56 bits per heavy atom. The first-order valence-corrected chi connectivity index (χ1v) is 5.82. The second kappa shape index (κ2) is 5.12. The molecule has 0 spiro atoms. The van der Waals surface area contributed by atoms with Gasteiger partial charge in [-0.1, -0.05) is 13.8 Å². The number of rotatable bonds is 5. The molecular weight excluding hydrogens is 208 g/mol. The largest absolute Gasteiger partial charge is 0.394 e. The van der Waals surface area contributed by atoms with Crippen LogP contribution in [0.4, 0.5) is 0 Å². The maximum Gasteiger partial charge on any atom is 0.243 e. The summed E-state index contributed by atoms with van der Waals surface area (Å²) in [5.41, 5.74) is 4.48. The highest BCUT2D eigenvalue weighted by molar-refractivity contribution is 5.87. The number of aliphatic hydroxyl groups is 1. The van der Waals surface area contributed by atoms with Crippen LogP contribution < -0.4 is 11.1 Å². The average molecular weight is 230 g/mol. The monoisotopic (exact) mass is 230 g/mol. The zero-order valence-corrected chi connectivity index (χ0v) is 10.1. The maximum absolute atomic E-state index is 12.0. The fourth-order valence-corrected chi connectivity index (χ4v) is 1.82. The van der Waals surface area contributed by atoms with Crippen molar-refractivity contribution in [3.8, 4) is 0 Å². The van der Waals surface area contributed by atoms with Crippen molar-refractivity contribution in [2.75, 3.05) is 19.8 Å². The molecule has 1 heterocycles. The topological polar surface area (TPSA) is 84.6 Å². The van der Waals surface area contributed by atoms with Crippen LogP contribution in [0.25, 0.3) is 0 Å². The van der Waals surface area contributed by atoms with Gasteiger partial charge < -0.3 is 20.9 Å². The molecule has 1 aliphatic rings. The highest BCUT2D eigenvalue weighted by Gasteiger charge is 2.41. The smallest absolute Gasteiger partial charge is 0.243 e. The molecule has 0 saturated carbocycles. The van der Waals surface area contributed by atoms with Crippen molar-refractivity contribution in [3.05, 3.63) is 0 Å². The Hall–Kier alpha value is -0.650. The lowest BCUT2D eigenvalue weighted by Gasteiger charge is -2.34. The predicted octanol–water partition coefficient (Wildman–Crippen LogP) is -0.228. The van der Waals surface area contributed by atoms with Crippen molar-refractivity contribution in [2.45, 2.75) is 44.2 Å². The number of ether oxygens (including phenoxy) is 1. The first-order valence-electron chi connectivity index (χ1n) is 5.82.